The van der Waals surface area contributed by atoms with Gasteiger partial charge in [0.15, 0.2) is 6.61 Å². The van der Waals surface area contributed by atoms with Crippen molar-refractivity contribution in [1.29, 1.82) is 0 Å². The molecule has 1 aliphatic rings. The van der Waals surface area contributed by atoms with Gasteiger partial charge in [-0.1, -0.05) is 19.8 Å². The largest absolute Gasteiger partial charge is 0.497 e. The third kappa shape index (κ3) is 5.79. The molecule has 26 heavy (non-hydrogen) atoms. The highest BCUT2D eigenvalue weighted by Crippen LogP contribution is 2.25. The number of hydrogen-bond donors (Lipinski definition) is 1. The van der Waals surface area contributed by atoms with Gasteiger partial charge >= 0.3 is 5.97 Å². The maximum atomic E-state index is 12.0. The Hall–Kier alpha value is -2.50. The van der Waals surface area contributed by atoms with Crippen LogP contribution in [0, 0.1) is 5.92 Å². The molecule has 1 aromatic rings. The predicted molar refractivity (Wildman–Crippen MR) is 99.1 cm³/mol. The van der Waals surface area contributed by atoms with Crippen molar-refractivity contribution < 1.29 is 23.8 Å². The van der Waals surface area contributed by atoms with Crippen molar-refractivity contribution >= 4 is 18.0 Å². The van der Waals surface area contributed by atoms with Crippen LogP contribution in [0.3, 0.4) is 0 Å². The van der Waals surface area contributed by atoms with Gasteiger partial charge in [0.05, 0.1) is 14.2 Å². The van der Waals surface area contributed by atoms with E-state index in [0.29, 0.717) is 23.0 Å². The van der Waals surface area contributed by atoms with Gasteiger partial charge in [-0.3, -0.25) is 4.79 Å². The van der Waals surface area contributed by atoms with Crippen molar-refractivity contribution in [2.45, 2.75) is 38.6 Å². The van der Waals surface area contributed by atoms with Crippen LogP contribution in [0.4, 0.5) is 0 Å². The Bertz CT molecular complexity index is 656. The summed E-state index contributed by atoms with van der Waals surface area (Å²) in [7, 11) is 3.11. The van der Waals surface area contributed by atoms with Gasteiger partial charge in [0.2, 0.25) is 0 Å². The summed E-state index contributed by atoms with van der Waals surface area (Å²) in [5.74, 6) is 0.876. The van der Waals surface area contributed by atoms with E-state index >= 15 is 0 Å². The molecular formula is C20H27NO5. The van der Waals surface area contributed by atoms with Crippen molar-refractivity contribution in [2.75, 3.05) is 20.8 Å². The van der Waals surface area contributed by atoms with E-state index < -0.39 is 5.97 Å². The molecule has 2 atom stereocenters. The predicted octanol–water partition coefficient (Wildman–Crippen LogP) is 2.96. The van der Waals surface area contributed by atoms with Crippen LogP contribution in [0.25, 0.3) is 6.08 Å². The van der Waals surface area contributed by atoms with Crippen molar-refractivity contribution in [3.05, 3.63) is 29.8 Å². The molecule has 1 saturated carbocycles. The fraction of sp³-hybridized carbons (Fsp3) is 0.500. The average molecular weight is 361 g/mol. The fourth-order valence-corrected chi connectivity index (χ4v) is 3.08. The van der Waals surface area contributed by atoms with E-state index in [1.807, 2.05) is 0 Å². The summed E-state index contributed by atoms with van der Waals surface area (Å²) >= 11 is 0. The molecule has 0 aliphatic heterocycles. The SMILES string of the molecule is COc1ccc(/C=C/C(=O)OCC(=O)N[C@H]2CCCC[C@@H]2C)c(OC)c1. The minimum atomic E-state index is -0.574. The Balaban J connectivity index is 1.82. The minimum Gasteiger partial charge on any atom is -0.497 e. The van der Waals surface area contributed by atoms with E-state index in [2.05, 4.69) is 12.2 Å². The number of carbonyl (C=O) groups is 2. The lowest BCUT2D eigenvalue weighted by Gasteiger charge is -2.29. The van der Waals surface area contributed by atoms with Crippen LogP contribution in [0.2, 0.25) is 0 Å². The van der Waals surface area contributed by atoms with E-state index in [9.17, 15) is 9.59 Å². The first kappa shape index (κ1) is 19.8. The van der Waals surface area contributed by atoms with Crippen molar-refractivity contribution in [3.8, 4) is 11.5 Å². The Morgan fingerprint density at radius 1 is 1.19 bits per heavy atom. The maximum Gasteiger partial charge on any atom is 0.331 e. The molecule has 1 N–H and O–H groups in total. The number of ether oxygens (including phenoxy) is 3. The van der Waals surface area contributed by atoms with Gasteiger partial charge in [-0.05, 0) is 37.0 Å². The number of esters is 1. The van der Waals surface area contributed by atoms with E-state index in [4.69, 9.17) is 14.2 Å². The molecule has 2 rings (SSSR count). The van der Waals surface area contributed by atoms with Crippen LogP contribution in [0.1, 0.15) is 38.2 Å². The van der Waals surface area contributed by atoms with Gasteiger partial charge in [0.25, 0.3) is 5.91 Å². The summed E-state index contributed by atoms with van der Waals surface area (Å²) in [6.45, 7) is 1.87. The quantitative estimate of drug-likeness (QED) is 0.597. The van der Waals surface area contributed by atoms with Crippen molar-refractivity contribution in [2.24, 2.45) is 5.92 Å². The summed E-state index contributed by atoms with van der Waals surface area (Å²) in [6.07, 6.45) is 7.31. The zero-order chi connectivity index (χ0) is 18.9. The van der Waals surface area contributed by atoms with Gasteiger partial charge in [0, 0.05) is 23.7 Å². The van der Waals surface area contributed by atoms with Gasteiger partial charge in [0.1, 0.15) is 11.5 Å². The summed E-state index contributed by atoms with van der Waals surface area (Å²) < 4.78 is 15.4. The van der Waals surface area contributed by atoms with Crippen LogP contribution in [0.5, 0.6) is 11.5 Å². The smallest absolute Gasteiger partial charge is 0.331 e. The maximum absolute atomic E-state index is 12.0. The number of amides is 1. The number of rotatable bonds is 7. The number of methoxy groups -OCH3 is 2. The molecule has 0 aromatic heterocycles. The lowest BCUT2D eigenvalue weighted by atomic mass is 9.86. The first-order chi connectivity index (χ1) is 12.5. The fourth-order valence-electron chi connectivity index (χ4n) is 3.08. The lowest BCUT2D eigenvalue weighted by molar-refractivity contribution is -0.144. The molecule has 1 amide bonds. The molecule has 0 bridgehead atoms. The highest BCUT2D eigenvalue weighted by molar-refractivity contribution is 5.89. The van der Waals surface area contributed by atoms with Gasteiger partial charge in [-0.2, -0.15) is 0 Å². The van der Waals surface area contributed by atoms with Gasteiger partial charge in [-0.25, -0.2) is 4.79 Å². The molecule has 6 heteroatoms. The number of nitrogens with one attached hydrogen (secondary N) is 1. The van der Waals surface area contributed by atoms with Crippen LogP contribution in [-0.2, 0) is 14.3 Å². The molecule has 1 aliphatic carbocycles. The first-order valence-corrected chi connectivity index (χ1v) is 8.89. The molecule has 0 saturated heterocycles. The molecular weight excluding hydrogens is 334 g/mol. The Kier molecular flexibility index (Phi) is 7.51. The molecule has 1 aromatic carbocycles. The van der Waals surface area contributed by atoms with Crippen LogP contribution >= 0.6 is 0 Å². The lowest BCUT2D eigenvalue weighted by Crippen LogP contribution is -2.42. The normalized spacial score (nSPS) is 19.8. The molecule has 6 nitrogen and oxygen atoms in total. The molecule has 142 valence electrons. The Morgan fingerprint density at radius 2 is 1.96 bits per heavy atom. The Labute approximate surface area is 154 Å². The zero-order valence-electron chi connectivity index (χ0n) is 15.6. The van der Waals surface area contributed by atoms with E-state index in [0.717, 1.165) is 19.3 Å². The van der Waals surface area contributed by atoms with E-state index in [-0.39, 0.29) is 18.6 Å². The van der Waals surface area contributed by atoms with Gasteiger partial charge < -0.3 is 19.5 Å². The van der Waals surface area contributed by atoms with E-state index in [1.54, 1.807) is 38.5 Å². The van der Waals surface area contributed by atoms with Gasteiger partial charge in [-0.15, -0.1) is 0 Å². The van der Waals surface area contributed by atoms with Crippen LogP contribution < -0.4 is 14.8 Å². The molecule has 0 radical (unpaired) electrons. The number of benzene rings is 1. The first-order valence-electron chi connectivity index (χ1n) is 8.89. The summed E-state index contributed by atoms with van der Waals surface area (Å²) in [5, 5.41) is 2.95. The zero-order valence-corrected chi connectivity index (χ0v) is 15.6. The third-order valence-electron chi connectivity index (χ3n) is 4.64. The molecule has 0 spiro atoms. The highest BCUT2D eigenvalue weighted by Gasteiger charge is 2.22. The standard InChI is InChI=1S/C20H27NO5/c1-14-6-4-5-7-17(14)21-19(22)13-26-20(23)11-9-15-8-10-16(24-2)12-18(15)25-3/h8-12,14,17H,4-7,13H2,1-3H3,(H,21,22)/b11-9+/t14-,17-/m0/s1. The van der Waals surface area contributed by atoms with Crippen molar-refractivity contribution in [1.82, 2.24) is 5.32 Å². The van der Waals surface area contributed by atoms with Crippen LogP contribution in [0.15, 0.2) is 24.3 Å². The topological polar surface area (TPSA) is 73.9 Å². The second-order valence-electron chi connectivity index (χ2n) is 6.48. The summed E-state index contributed by atoms with van der Waals surface area (Å²) in [5.41, 5.74) is 0.714. The molecule has 0 unspecified atom stereocenters. The second-order valence-corrected chi connectivity index (χ2v) is 6.48. The summed E-state index contributed by atoms with van der Waals surface area (Å²) in [6, 6.07) is 5.45. The second kappa shape index (κ2) is 9.85. The van der Waals surface area contributed by atoms with Crippen LogP contribution in [-0.4, -0.2) is 38.7 Å². The molecule has 1 fully saturated rings. The molecule has 0 heterocycles. The highest BCUT2D eigenvalue weighted by atomic mass is 16.5. The minimum absolute atomic E-state index is 0.175. The Morgan fingerprint density at radius 3 is 2.65 bits per heavy atom. The number of carbonyl (C=O) groups excluding carboxylic acids is 2. The third-order valence-corrected chi connectivity index (χ3v) is 4.64. The monoisotopic (exact) mass is 361 g/mol. The van der Waals surface area contributed by atoms with E-state index in [1.165, 1.54) is 12.5 Å². The van der Waals surface area contributed by atoms with Crippen molar-refractivity contribution in [3.63, 3.8) is 0 Å². The average Bonchev–Trinajstić information content (AvgIpc) is 2.66. The summed E-state index contributed by atoms with van der Waals surface area (Å²) in [4.78, 5) is 23.8. The number of hydrogen-bond acceptors (Lipinski definition) is 5.